The van der Waals surface area contributed by atoms with Gasteiger partial charge in [0.2, 0.25) is 5.91 Å². The van der Waals surface area contributed by atoms with Crippen LogP contribution in [0.25, 0.3) is 0 Å². The van der Waals surface area contributed by atoms with Crippen LogP contribution in [-0.2, 0) is 30.8 Å². The van der Waals surface area contributed by atoms with E-state index in [0.29, 0.717) is 6.42 Å². The van der Waals surface area contributed by atoms with E-state index in [1.165, 1.54) is 5.69 Å². The van der Waals surface area contributed by atoms with Gasteiger partial charge in [0, 0.05) is 44.9 Å². The molecule has 128 valence electrons. The van der Waals surface area contributed by atoms with Crippen LogP contribution in [0.2, 0.25) is 0 Å². The van der Waals surface area contributed by atoms with Crippen molar-refractivity contribution in [1.82, 2.24) is 29.8 Å². The fourth-order valence-electron chi connectivity index (χ4n) is 3.73. The van der Waals surface area contributed by atoms with Gasteiger partial charge in [0.1, 0.15) is 0 Å². The van der Waals surface area contributed by atoms with Crippen LogP contribution in [0, 0.1) is 0 Å². The van der Waals surface area contributed by atoms with Crippen LogP contribution in [0.3, 0.4) is 0 Å². The van der Waals surface area contributed by atoms with Gasteiger partial charge in [-0.05, 0) is 25.0 Å². The standard InChI is InChI=1S/C17H24N6O/c24-17(5-4-14-11-16-12-18-7-10-23(16)20-14)22-9-1-3-15(22)13-21-8-2-6-19-21/h2,6,8,11,15,18H,1,3-5,7,9-10,12-13H2/t15-/m1/s1. The summed E-state index contributed by atoms with van der Waals surface area (Å²) < 4.78 is 3.99. The minimum absolute atomic E-state index is 0.244. The predicted octanol–water partition coefficient (Wildman–Crippen LogP) is 0.807. The maximum atomic E-state index is 12.7. The first kappa shape index (κ1) is 15.4. The maximum Gasteiger partial charge on any atom is 0.223 e. The lowest BCUT2D eigenvalue weighted by atomic mass is 10.2. The molecule has 7 nitrogen and oxygen atoms in total. The van der Waals surface area contributed by atoms with E-state index < -0.39 is 0 Å². The molecule has 4 heterocycles. The Morgan fingerprint density at radius 1 is 1.38 bits per heavy atom. The average molecular weight is 328 g/mol. The lowest BCUT2D eigenvalue weighted by molar-refractivity contribution is -0.132. The van der Waals surface area contributed by atoms with Crippen LogP contribution in [0.1, 0.15) is 30.7 Å². The third-order valence-electron chi connectivity index (χ3n) is 4.97. The summed E-state index contributed by atoms with van der Waals surface area (Å²) in [5.41, 5.74) is 2.26. The van der Waals surface area contributed by atoms with Crippen LogP contribution < -0.4 is 5.32 Å². The Bertz CT molecular complexity index is 669. The Morgan fingerprint density at radius 3 is 3.17 bits per heavy atom. The van der Waals surface area contributed by atoms with Gasteiger partial charge in [0.05, 0.1) is 30.5 Å². The highest BCUT2D eigenvalue weighted by molar-refractivity contribution is 5.77. The van der Waals surface area contributed by atoms with Crippen molar-refractivity contribution in [2.24, 2.45) is 0 Å². The molecule has 4 rings (SSSR count). The number of hydrogen-bond acceptors (Lipinski definition) is 4. The van der Waals surface area contributed by atoms with Gasteiger partial charge in [-0.1, -0.05) is 0 Å². The maximum absolute atomic E-state index is 12.7. The second kappa shape index (κ2) is 6.76. The summed E-state index contributed by atoms with van der Waals surface area (Å²) in [6.07, 6.45) is 7.17. The Hall–Kier alpha value is -2.15. The summed E-state index contributed by atoms with van der Waals surface area (Å²) in [5, 5.41) is 12.2. The topological polar surface area (TPSA) is 68.0 Å². The van der Waals surface area contributed by atoms with Crippen LogP contribution in [0.4, 0.5) is 0 Å². The van der Waals surface area contributed by atoms with Crippen molar-refractivity contribution in [3.8, 4) is 0 Å². The highest BCUT2D eigenvalue weighted by atomic mass is 16.2. The molecule has 2 aromatic heterocycles. The molecule has 0 aliphatic carbocycles. The third-order valence-corrected chi connectivity index (χ3v) is 4.97. The second-order valence-corrected chi connectivity index (χ2v) is 6.64. The Balaban J connectivity index is 1.34. The first-order chi connectivity index (χ1) is 11.8. The molecule has 0 unspecified atom stereocenters. The van der Waals surface area contributed by atoms with Gasteiger partial charge in [-0.25, -0.2) is 0 Å². The molecule has 2 aromatic rings. The molecular weight excluding hydrogens is 304 g/mol. The molecule has 1 saturated heterocycles. The zero-order valence-corrected chi connectivity index (χ0v) is 13.9. The number of nitrogens with zero attached hydrogens (tertiary/aromatic N) is 5. The Morgan fingerprint density at radius 2 is 2.33 bits per heavy atom. The summed E-state index contributed by atoms with van der Waals surface area (Å²) in [5.74, 6) is 0.244. The SMILES string of the molecule is O=C(CCc1cc2n(n1)CCNC2)N1CCC[C@@H]1Cn1cccn1. The summed E-state index contributed by atoms with van der Waals surface area (Å²) in [7, 11) is 0. The largest absolute Gasteiger partial charge is 0.338 e. The van der Waals surface area contributed by atoms with E-state index in [-0.39, 0.29) is 11.9 Å². The number of aromatic nitrogens is 4. The lowest BCUT2D eigenvalue weighted by Crippen LogP contribution is -2.38. The van der Waals surface area contributed by atoms with Crippen molar-refractivity contribution in [2.45, 2.75) is 51.4 Å². The molecule has 1 N–H and O–H groups in total. The lowest BCUT2D eigenvalue weighted by Gasteiger charge is -2.24. The molecule has 1 fully saturated rings. The fourth-order valence-corrected chi connectivity index (χ4v) is 3.73. The van der Waals surface area contributed by atoms with E-state index in [9.17, 15) is 4.79 Å². The zero-order valence-electron chi connectivity index (χ0n) is 13.9. The predicted molar refractivity (Wildman–Crippen MR) is 89.2 cm³/mol. The van der Waals surface area contributed by atoms with Gasteiger partial charge < -0.3 is 10.2 Å². The van der Waals surface area contributed by atoms with Crippen molar-refractivity contribution in [3.05, 3.63) is 35.9 Å². The smallest absolute Gasteiger partial charge is 0.223 e. The third kappa shape index (κ3) is 3.21. The number of fused-ring (bicyclic) bond motifs is 1. The molecule has 1 amide bonds. The molecule has 0 saturated carbocycles. The number of aryl methyl sites for hydroxylation is 1. The number of carbonyl (C=O) groups excluding carboxylic acids is 1. The van der Waals surface area contributed by atoms with Gasteiger partial charge in [-0.15, -0.1) is 0 Å². The van der Waals surface area contributed by atoms with E-state index in [1.54, 1.807) is 6.20 Å². The van der Waals surface area contributed by atoms with Gasteiger partial charge in [-0.2, -0.15) is 10.2 Å². The Kier molecular flexibility index (Phi) is 4.34. The van der Waals surface area contributed by atoms with E-state index in [2.05, 4.69) is 26.3 Å². The van der Waals surface area contributed by atoms with E-state index in [0.717, 1.165) is 57.7 Å². The molecule has 2 aliphatic heterocycles. The number of hydrogen-bond donors (Lipinski definition) is 1. The van der Waals surface area contributed by atoms with Gasteiger partial charge >= 0.3 is 0 Å². The Labute approximate surface area is 141 Å². The normalized spacial score (nSPS) is 20.3. The average Bonchev–Trinajstić information content (AvgIpc) is 3.33. The molecular formula is C17H24N6O. The van der Waals surface area contributed by atoms with Crippen LogP contribution in [0.15, 0.2) is 24.5 Å². The molecule has 0 aromatic carbocycles. The summed E-state index contributed by atoms with van der Waals surface area (Å²) >= 11 is 0. The molecule has 2 aliphatic rings. The summed E-state index contributed by atoms with van der Waals surface area (Å²) in [6.45, 7) is 4.42. The molecule has 0 spiro atoms. The highest BCUT2D eigenvalue weighted by Crippen LogP contribution is 2.20. The minimum atomic E-state index is 0.244. The van der Waals surface area contributed by atoms with Crippen LogP contribution in [-0.4, -0.2) is 49.5 Å². The van der Waals surface area contributed by atoms with Gasteiger partial charge in [0.25, 0.3) is 0 Å². The molecule has 1 atom stereocenters. The fraction of sp³-hybridized carbons (Fsp3) is 0.588. The van der Waals surface area contributed by atoms with E-state index >= 15 is 0 Å². The van der Waals surface area contributed by atoms with Crippen molar-refractivity contribution in [1.29, 1.82) is 0 Å². The molecule has 24 heavy (non-hydrogen) atoms. The first-order valence-corrected chi connectivity index (χ1v) is 8.83. The molecule has 7 heteroatoms. The van der Waals surface area contributed by atoms with Crippen molar-refractivity contribution < 1.29 is 4.79 Å². The second-order valence-electron chi connectivity index (χ2n) is 6.64. The van der Waals surface area contributed by atoms with E-state index in [4.69, 9.17) is 0 Å². The van der Waals surface area contributed by atoms with Crippen molar-refractivity contribution in [3.63, 3.8) is 0 Å². The number of carbonyl (C=O) groups is 1. The monoisotopic (exact) mass is 328 g/mol. The zero-order chi connectivity index (χ0) is 16.4. The van der Waals surface area contributed by atoms with Crippen molar-refractivity contribution >= 4 is 5.91 Å². The first-order valence-electron chi connectivity index (χ1n) is 8.83. The van der Waals surface area contributed by atoms with E-state index in [1.807, 2.05) is 21.8 Å². The quantitative estimate of drug-likeness (QED) is 0.882. The number of nitrogens with one attached hydrogen (secondary N) is 1. The number of rotatable bonds is 5. The number of amides is 1. The van der Waals surface area contributed by atoms with Gasteiger partial charge in [-0.3, -0.25) is 14.2 Å². The highest BCUT2D eigenvalue weighted by Gasteiger charge is 2.28. The van der Waals surface area contributed by atoms with Gasteiger partial charge in [0.15, 0.2) is 0 Å². The summed E-state index contributed by atoms with van der Waals surface area (Å²) in [4.78, 5) is 14.7. The summed E-state index contributed by atoms with van der Waals surface area (Å²) in [6, 6.07) is 4.33. The minimum Gasteiger partial charge on any atom is -0.338 e. The molecule has 0 bridgehead atoms. The number of likely N-dealkylation sites (tertiary alicyclic amines) is 1. The van der Waals surface area contributed by atoms with Crippen LogP contribution in [0.5, 0.6) is 0 Å². The van der Waals surface area contributed by atoms with Crippen LogP contribution >= 0.6 is 0 Å². The molecule has 0 radical (unpaired) electrons. The van der Waals surface area contributed by atoms with Crippen molar-refractivity contribution in [2.75, 3.05) is 13.1 Å².